The van der Waals surface area contributed by atoms with Crippen molar-refractivity contribution < 1.29 is 4.74 Å². The number of nitrogens with zero attached hydrogens (tertiary/aromatic N) is 2. The highest BCUT2D eigenvalue weighted by molar-refractivity contribution is 7.11. The van der Waals surface area contributed by atoms with E-state index in [1.165, 1.54) is 21.0 Å². The van der Waals surface area contributed by atoms with E-state index in [-0.39, 0.29) is 0 Å². The lowest BCUT2D eigenvalue weighted by Gasteiger charge is -2.30. The lowest BCUT2D eigenvalue weighted by molar-refractivity contribution is 0.122. The highest BCUT2D eigenvalue weighted by Crippen LogP contribution is 2.22. The van der Waals surface area contributed by atoms with Gasteiger partial charge in [-0.15, -0.1) is 11.3 Å². The molecular weight excluding hydrogens is 368 g/mol. The fourth-order valence-corrected chi connectivity index (χ4v) is 4.44. The van der Waals surface area contributed by atoms with E-state index in [0.29, 0.717) is 12.6 Å². The molecule has 152 valence electrons. The summed E-state index contributed by atoms with van der Waals surface area (Å²) in [6, 6.07) is 13.3. The number of anilines is 1. The summed E-state index contributed by atoms with van der Waals surface area (Å²) >= 11 is 1.87. The molecule has 6 heteroatoms. The SMILES string of the molecule is CCNC(=NCc1ccccc1N1CCOCC1)NC(C)Cc1ccc(C)s1. The summed E-state index contributed by atoms with van der Waals surface area (Å²) in [5.41, 5.74) is 2.52. The Morgan fingerprint density at radius 2 is 2.00 bits per heavy atom. The van der Waals surface area contributed by atoms with Gasteiger partial charge in [-0.1, -0.05) is 18.2 Å². The van der Waals surface area contributed by atoms with Crippen LogP contribution in [0.2, 0.25) is 0 Å². The molecule has 2 N–H and O–H groups in total. The minimum Gasteiger partial charge on any atom is -0.378 e. The lowest BCUT2D eigenvalue weighted by atomic mass is 10.1. The summed E-state index contributed by atoms with van der Waals surface area (Å²) in [6.07, 6.45) is 1.01. The molecule has 1 aliphatic heterocycles. The van der Waals surface area contributed by atoms with Crippen LogP contribution in [0.4, 0.5) is 5.69 Å². The first kappa shape index (κ1) is 20.7. The van der Waals surface area contributed by atoms with Crippen molar-refractivity contribution in [1.29, 1.82) is 0 Å². The number of hydrogen-bond donors (Lipinski definition) is 2. The van der Waals surface area contributed by atoms with Gasteiger partial charge < -0.3 is 20.3 Å². The van der Waals surface area contributed by atoms with E-state index in [2.05, 4.69) is 72.7 Å². The maximum Gasteiger partial charge on any atom is 0.191 e. The highest BCUT2D eigenvalue weighted by atomic mass is 32.1. The molecule has 0 spiro atoms. The van der Waals surface area contributed by atoms with Crippen LogP contribution in [0.3, 0.4) is 0 Å². The molecular formula is C22H32N4OS. The molecule has 5 nitrogen and oxygen atoms in total. The third-order valence-corrected chi connectivity index (χ3v) is 5.80. The standard InChI is InChI=1S/C22H32N4OS/c1-4-23-22(25-17(2)15-20-10-9-18(3)28-20)24-16-19-7-5-6-8-21(19)26-11-13-27-14-12-26/h5-10,17H,4,11-16H2,1-3H3,(H2,23,24,25). The Hall–Kier alpha value is -2.05. The van der Waals surface area contributed by atoms with Gasteiger partial charge in [0.1, 0.15) is 0 Å². The Balaban J connectivity index is 1.65. The number of thiophene rings is 1. The Morgan fingerprint density at radius 1 is 1.21 bits per heavy atom. The van der Waals surface area contributed by atoms with E-state index in [1.807, 2.05) is 11.3 Å². The number of ether oxygens (including phenoxy) is 1. The summed E-state index contributed by atoms with van der Waals surface area (Å²) in [4.78, 5) is 10.0. The highest BCUT2D eigenvalue weighted by Gasteiger charge is 2.14. The number of guanidine groups is 1. The number of rotatable bonds is 7. The Morgan fingerprint density at radius 3 is 2.71 bits per heavy atom. The zero-order chi connectivity index (χ0) is 19.8. The largest absolute Gasteiger partial charge is 0.378 e. The molecule has 2 heterocycles. The molecule has 2 aromatic rings. The molecule has 1 atom stereocenters. The number of benzene rings is 1. The van der Waals surface area contributed by atoms with Gasteiger partial charge in [0.2, 0.25) is 0 Å². The minimum absolute atomic E-state index is 0.324. The molecule has 1 unspecified atom stereocenters. The molecule has 0 radical (unpaired) electrons. The van der Waals surface area contributed by atoms with Gasteiger partial charge in [-0.05, 0) is 44.5 Å². The number of hydrogen-bond acceptors (Lipinski definition) is 4. The van der Waals surface area contributed by atoms with E-state index in [4.69, 9.17) is 9.73 Å². The fourth-order valence-electron chi connectivity index (χ4n) is 3.42. The second-order valence-corrected chi connectivity index (χ2v) is 8.56. The number of para-hydroxylation sites is 1. The Bertz CT molecular complexity index is 767. The fraction of sp³-hybridized carbons (Fsp3) is 0.500. The molecule has 28 heavy (non-hydrogen) atoms. The van der Waals surface area contributed by atoms with Crippen LogP contribution in [0.25, 0.3) is 0 Å². The van der Waals surface area contributed by atoms with Crippen molar-refractivity contribution in [2.24, 2.45) is 4.99 Å². The minimum atomic E-state index is 0.324. The molecule has 1 saturated heterocycles. The quantitative estimate of drug-likeness (QED) is 0.551. The monoisotopic (exact) mass is 400 g/mol. The summed E-state index contributed by atoms with van der Waals surface area (Å²) in [7, 11) is 0. The van der Waals surface area contributed by atoms with Gasteiger partial charge in [0.25, 0.3) is 0 Å². The van der Waals surface area contributed by atoms with Gasteiger partial charge in [0.05, 0.1) is 19.8 Å². The number of nitrogens with one attached hydrogen (secondary N) is 2. The van der Waals surface area contributed by atoms with Crippen molar-refractivity contribution in [3.63, 3.8) is 0 Å². The molecule has 0 saturated carbocycles. The van der Waals surface area contributed by atoms with Gasteiger partial charge >= 0.3 is 0 Å². The number of morpholine rings is 1. The Kier molecular flexibility index (Phi) is 7.74. The zero-order valence-corrected chi connectivity index (χ0v) is 18.0. The molecule has 0 amide bonds. The van der Waals surface area contributed by atoms with E-state index >= 15 is 0 Å². The second kappa shape index (κ2) is 10.5. The van der Waals surface area contributed by atoms with Crippen LogP contribution in [0.15, 0.2) is 41.4 Å². The maximum absolute atomic E-state index is 5.50. The van der Waals surface area contributed by atoms with Crippen LogP contribution < -0.4 is 15.5 Å². The van der Waals surface area contributed by atoms with E-state index < -0.39 is 0 Å². The zero-order valence-electron chi connectivity index (χ0n) is 17.2. The predicted octanol–water partition coefficient (Wildman–Crippen LogP) is 3.58. The third kappa shape index (κ3) is 5.97. The maximum atomic E-state index is 5.50. The van der Waals surface area contributed by atoms with Gasteiger partial charge in [-0.2, -0.15) is 0 Å². The van der Waals surface area contributed by atoms with Gasteiger partial charge in [0.15, 0.2) is 5.96 Å². The summed E-state index contributed by atoms with van der Waals surface area (Å²) in [5.74, 6) is 0.875. The van der Waals surface area contributed by atoms with Crippen LogP contribution in [-0.4, -0.2) is 44.8 Å². The van der Waals surface area contributed by atoms with Crippen LogP contribution >= 0.6 is 11.3 Å². The lowest BCUT2D eigenvalue weighted by Crippen LogP contribution is -2.43. The summed E-state index contributed by atoms with van der Waals surface area (Å²) in [5, 5.41) is 6.94. The topological polar surface area (TPSA) is 48.9 Å². The average molecular weight is 401 g/mol. The summed E-state index contributed by atoms with van der Waals surface area (Å²) in [6.45, 7) is 11.4. The van der Waals surface area contributed by atoms with Crippen LogP contribution in [0.1, 0.15) is 29.2 Å². The molecule has 0 bridgehead atoms. The van der Waals surface area contributed by atoms with Crippen molar-refractivity contribution in [2.75, 3.05) is 37.7 Å². The first-order valence-corrected chi connectivity index (χ1v) is 11.0. The number of aryl methyl sites for hydroxylation is 1. The normalized spacial score (nSPS) is 16.1. The van der Waals surface area contributed by atoms with E-state index in [1.54, 1.807) is 0 Å². The van der Waals surface area contributed by atoms with Crippen LogP contribution in [0.5, 0.6) is 0 Å². The molecule has 1 fully saturated rings. The molecule has 3 rings (SSSR count). The summed E-state index contributed by atoms with van der Waals surface area (Å²) < 4.78 is 5.50. The van der Waals surface area contributed by atoms with Crippen molar-refractivity contribution in [3.05, 3.63) is 51.7 Å². The van der Waals surface area contributed by atoms with Crippen molar-refractivity contribution in [2.45, 2.75) is 39.8 Å². The molecule has 1 aromatic carbocycles. The molecule has 0 aliphatic carbocycles. The molecule has 1 aliphatic rings. The van der Waals surface area contributed by atoms with Gasteiger partial charge in [0, 0.05) is 47.5 Å². The third-order valence-electron chi connectivity index (χ3n) is 4.78. The average Bonchev–Trinajstić information content (AvgIpc) is 3.11. The van der Waals surface area contributed by atoms with Crippen molar-refractivity contribution in [1.82, 2.24) is 10.6 Å². The first-order chi connectivity index (χ1) is 13.7. The van der Waals surface area contributed by atoms with E-state index in [0.717, 1.165) is 45.2 Å². The van der Waals surface area contributed by atoms with Crippen molar-refractivity contribution >= 4 is 23.0 Å². The van der Waals surface area contributed by atoms with Gasteiger partial charge in [-0.3, -0.25) is 0 Å². The Labute approximate surface area is 172 Å². The number of aliphatic imine (C=N–C) groups is 1. The van der Waals surface area contributed by atoms with Gasteiger partial charge in [-0.25, -0.2) is 4.99 Å². The first-order valence-electron chi connectivity index (χ1n) is 10.2. The van der Waals surface area contributed by atoms with Crippen molar-refractivity contribution in [3.8, 4) is 0 Å². The smallest absolute Gasteiger partial charge is 0.191 e. The molecule has 1 aromatic heterocycles. The van der Waals surface area contributed by atoms with Crippen LogP contribution in [0, 0.1) is 6.92 Å². The van der Waals surface area contributed by atoms with E-state index in [9.17, 15) is 0 Å². The van der Waals surface area contributed by atoms with Crippen LogP contribution in [-0.2, 0) is 17.7 Å². The second-order valence-electron chi connectivity index (χ2n) is 7.19. The predicted molar refractivity (Wildman–Crippen MR) is 120 cm³/mol.